The number of phenolic OH excluding ortho intramolecular Hbond substituents is 1. The number of aromatic nitrogens is 2. The van der Waals surface area contributed by atoms with E-state index in [0.717, 1.165) is 16.5 Å². The zero-order valence-electron chi connectivity index (χ0n) is 13.2. The van der Waals surface area contributed by atoms with Gasteiger partial charge in [0.2, 0.25) is 5.95 Å². The van der Waals surface area contributed by atoms with Gasteiger partial charge in [-0.1, -0.05) is 18.2 Å². The molecular weight excluding hydrogens is 387 g/mol. The lowest BCUT2D eigenvalue weighted by atomic mass is 10.1. The minimum Gasteiger partial charge on any atom is -0.508 e. The topological polar surface area (TPSA) is 70.1 Å². The molecular formula is C18H16BrFN4O. The quantitative estimate of drug-likeness (QED) is 0.566. The van der Waals surface area contributed by atoms with Crippen molar-refractivity contribution in [1.29, 1.82) is 0 Å². The molecule has 0 radical (unpaired) electrons. The van der Waals surface area contributed by atoms with Crippen LogP contribution in [-0.4, -0.2) is 21.6 Å². The van der Waals surface area contributed by atoms with Gasteiger partial charge >= 0.3 is 0 Å². The van der Waals surface area contributed by atoms with Gasteiger partial charge in [-0.2, -0.15) is 4.98 Å². The third kappa shape index (κ3) is 4.90. The average Bonchev–Trinajstić information content (AvgIpc) is 2.59. The van der Waals surface area contributed by atoms with E-state index in [4.69, 9.17) is 0 Å². The standard InChI is InChI=1S/C18H16BrFN4O/c19-16-11-22-18(23-14-2-1-3-15(25)10-14)24-17(16)21-9-8-12-4-6-13(20)7-5-12/h1-7,10-11,25H,8-9H2,(H2,21,22,23,24). The monoisotopic (exact) mass is 402 g/mol. The summed E-state index contributed by atoms with van der Waals surface area (Å²) in [5.74, 6) is 0.996. The molecule has 0 aliphatic heterocycles. The molecule has 0 unspecified atom stereocenters. The van der Waals surface area contributed by atoms with Crippen molar-refractivity contribution in [2.24, 2.45) is 0 Å². The lowest BCUT2D eigenvalue weighted by Crippen LogP contribution is -2.08. The lowest BCUT2D eigenvalue weighted by Gasteiger charge is -2.10. The Labute approximate surface area is 153 Å². The molecule has 0 fully saturated rings. The molecule has 0 atom stereocenters. The van der Waals surface area contributed by atoms with Gasteiger partial charge in [0, 0.05) is 24.5 Å². The summed E-state index contributed by atoms with van der Waals surface area (Å²) in [6.45, 7) is 0.646. The Balaban J connectivity index is 1.64. The summed E-state index contributed by atoms with van der Waals surface area (Å²) in [7, 11) is 0. The number of rotatable bonds is 6. The van der Waals surface area contributed by atoms with E-state index < -0.39 is 0 Å². The molecule has 0 aliphatic rings. The van der Waals surface area contributed by atoms with E-state index in [1.54, 1.807) is 36.5 Å². The van der Waals surface area contributed by atoms with Crippen LogP contribution in [0.25, 0.3) is 0 Å². The summed E-state index contributed by atoms with van der Waals surface area (Å²) in [4.78, 5) is 8.63. The van der Waals surface area contributed by atoms with Gasteiger partial charge in [-0.05, 0) is 52.2 Å². The molecule has 0 saturated heterocycles. The second-order valence-corrected chi connectivity index (χ2v) is 6.22. The van der Waals surface area contributed by atoms with Gasteiger partial charge in [-0.3, -0.25) is 0 Å². The molecule has 0 aliphatic carbocycles. The molecule has 2 aromatic carbocycles. The zero-order valence-corrected chi connectivity index (χ0v) is 14.8. The average molecular weight is 403 g/mol. The first-order valence-electron chi connectivity index (χ1n) is 7.67. The van der Waals surface area contributed by atoms with Crippen LogP contribution in [0.3, 0.4) is 0 Å². The smallest absolute Gasteiger partial charge is 0.229 e. The molecule has 3 aromatic rings. The Hall–Kier alpha value is -2.67. The van der Waals surface area contributed by atoms with Crippen LogP contribution in [0, 0.1) is 5.82 Å². The highest BCUT2D eigenvalue weighted by Gasteiger charge is 2.06. The summed E-state index contributed by atoms with van der Waals surface area (Å²) in [6.07, 6.45) is 2.39. The maximum Gasteiger partial charge on any atom is 0.229 e. The molecule has 5 nitrogen and oxygen atoms in total. The van der Waals surface area contributed by atoms with Crippen LogP contribution in [0.15, 0.2) is 59.2 Å². The fraction of sp³-hybridized carbons (Fsp3) is 0.111. The number of hydrogen-bond acceptors (Lipinski definition) is 5. The van der Waals surface area contributed by atoms with Gasteiger partial charge in [0.25, 0.3) is 0 Å². The highest BCUT2D eigenvalue weighted by Crippen LogP contribution is 2.23. The molecule has 0 saturated carbocycles. The van der Waals surface area contributed by atoms with Crippen molar-refractivity contribution in [1.82, 2.24) is 9.97 Å². The first-order valence-corrected chi connectivity index (χ1v) is 8.46. The van der Waals surface area contributed by atoms with Crippen molar-refractivity contribution in [3.8, 4) is 5.75 Å². The second kappa shape index (κ2) is 7.94. The van der Waals surface area contributed by atoms with Crippen LogP contribution < -0.4 is 10.6 Å². The van der Waals surface area contributed by atoms with E-state index in [1.807, 2.05) is 6.07 Å². The molecule has 0 bridgehead atoms. The predicted octanol–water partition coefficient (Wildman–Crippen LogP) is 4.48. The molecule has 3 N–H and O–H groups in total. The van der Waals surface area contributed by atoms with Gasteiger partial charge in [0.1, 0.15) is 17.4 Å². The van der Waals surface area contributed by atoms with Gasteiger partial charge in [0.15, 0.2) is 0 Å². The van der Waals surface area contributed by atoms with E-state index in [-0.39, 0.29) is 11.6 Å². The Morgan fingerprint density at radius 3 is 2.68 bits per heavy atom. The van der Waals surface area contributed by atoms with Crippen LogP contribution in [0.4, 0.5) is 21.8 Å². The Morgan fingerprint density at radius 1 is 1.12 bits per heavy atom. The van der Waals surface area contributed by atoms with Gasteiger partial charge < -0.3 is 15.7 Å². The van der Waals surface area contributed by atoms with E-state index in [2.05, 4.69) is 36.5 Å². The summed E-state index contributed by atoms with van der Waals surface area (Å²) in [6, 6.07) is 13.2. The highest BCUT2D eigenvalue weighted by atomic mass is 79.9. The van der Waals surface area contributed by atoms with Crippen molar-refractivity contribution in [2.75, 3.05) is 17.2 Å². The van der Waals surface area contributed by atoms with Crippen molar-refractivity contribution >= 4 is 33.4 Å². The Bertz CT molecular complexity index is 858. The zero-order chi connectivity index (χ0) is 17.6. The number of aromatic hydroxyl groups is 1. The molecule has 3 rings (SSSR count). The van der Waals surface area contributed by atoms with Crippen molar-refractivity contribution < 1.29 is 9.50 Å². The van der Waals surface area contributed by atoms with E-state index in [0.29, 0.717) is 24.0 Å². The molecule has 0 spiro atoms. The van der Waals surface area contributed by atoms with Crippen LogP contribution >= 0.6 is 15.9 Å². The van der Waals surface area contributed by atoms with Crippen molar-refractivity contribution in [3.05, 3.63) is 70.6 Å². The number of phenols is 1. The number of nitrogens with zero attached hydrogens (tertiary/aromatic N) is 2. The van der Waals surface area contributed by atoms with E-state index >= 15 is 0 Å². The largest absolute Gasteiger partial charge is 0.508 e. The second-order valence-electron chi connectivity index (χ2n) is 5.37. The Morgan fingerprint density at radius 2 is 1.92 bits per heavy atom. The Kier molecular flexibility index (Phi) is 5.45. The third-order valence-electron chi connectivity index (χ3n) is 3.47. The molecule has 1 aromatic heterocycles. The predicted molar refractivity (Wildman–Crippen MR) is 99.7 cm³/mol. The van der Waals surface area contributed by atoms with E-state index in [1.165, 1.54) is 12.1 Å². The molecule has 0 amide bonds. The number of halogens is 2. The fourth-order valence-corrected chi connectivity index (χ4v) is 2.57. The summed E-state index contributed by atoms with van der Waals surface area (Å²) >= 11 is 3.42. The van der Waals surface area contributed by atoms with Crippen LogP contribution in [-0.2, 0) is 6.42 Å². The highest BCUT2D eigenvalue weighted by molar-refractivity contribution is 9.10. The fourth-order valence-electron chi connectivity index (χ4n) is 2.24. The van der Waals surface area contributed by atoms with E-state index in [9.17, 15) is 9.50 Å². The maximum absolute atomic E-state index is 12.9. The number of anilines is 3. The normalized spacial score (nSPS) is 10.5. The lowest BCUT2D eigenvalue weighted by molar-refractivity contribution is 0.475. The third-order valence-corrected chi connectivity index (χ3v) is 4.05. The maximum atomic E-state index is 12.9. The van der Waals surface area contributed by atoms with Crippen LogP contribution in [0.5, 0.6) is 5.75 Å². The van der Waals surface area contributed by atoms with Crippen molar-refractivity contribution in [3.63, 3.8) is 0 Å². The SMILES string of the molecule is Oc1cccc(Nc2ncc(Br)c(NCCc3ccc(F)cc3)n2)c1. The molecule has 128 valence electrons. The van der Waals surface area contributed by atoms with Gasteiger partial charge in [-0.25, -0.2) is 9.37 Å². The first kappa shape index (κ1) is 17.2. The van der Waals surface area contributed by atoms with Crippen LogP contribution in [0.2, 0.25) is 0 Å². The number of hydrogen-bond donors (Lipinski definition) is 3. The van der Waals surface area contributed by atoms with Crippen molar-refractivity contribution in [2.45, 2.75) is 6.42 Å². The molecule has 7 heteroatoms. The van der Waals surface area contributed by atoms with Gasteiger partial charge in [0.05, 0.1) is 4.47 Å². The number of benzene rings is 2. The van der Waals surface area contributed by atoms with Crippen LogP contribution in [0.1, 0.15) is 5.56 Å². The summed E-state index contributed by atoms with van der Waals surface area (Å²) in [5.41, 5.74) is 1.73. The minimum absolute atomic E-state index is 0.166. The summed E-state index contributed by atoms with van der Waals surface area (Å²) in [5, 5.41) is 15.8. The van der Waals surface area contributed by atoms with Gasteiger partial charge in [-0.15, -0.1) is 0 Å². The molecule has 1 heterocycles. The minimum atomic E-state index is -0.238. The number of nitrogens with one attached hydrogen (secondary N) is 2. The first-order chi connectivity index (χ1) is 12.1. The molecule has 25 heavy (non-hydrogen) atoms. The summed E-state index contributed by atoms with van der Waals surface area (Å²) < 4.78 is 13.7.